The van der Waals surface area contributed by atoms with Gasteiger partial charge in [-0.05, 0) is 18.1 Å². The summed E-state index contributed by atoms with van der Waals surface area (Å²) in [5, 5.41) is 0.233. The topological polar surface area (TPSA) is 21.8 Å². The molecule has 1 saturated heterocycles. The minimum absolute atomic E-state index is 0.0557. The molecule has 2 atom stereocenters. The Hall–Kier alpha value is -0.0862. The van der Waals surface area contributed by atoms with Crippen molar-refractivity contribution in [3.8, 4) is 11.5 Å². The lowest BCUT2D eigenvalue weighted by atomic mass is 10.2. The Morgan fingerprint density at radius 2 is 1.74 bits per heavy atom. The Bertz CT molecular complexity index is 362. The van der Waals surface area contributed by atoms with E-state index in [1.54, 1.807) is 0 Å². The molecule has 1 aliphatic rings. The highest BCUT2D eigenvalue weighted by Crippen LogP contribution is 2.38. The van der Waals surface area contributed by atoms with Crippen molar-refractivity contribution in [1.82, 2.24) is 0 Å². The monoisotopic (exact) mass is 298 g/mol. The van der Waals surface area contributed by atoms with Gasteiger partial charge in [0, 0.05) is 6.42 Å². The summed E-state index contributed by atoms with van der Waals surface area (Å²) < 4.78 is 11.8. The number of rotatable bonds is 4. The van der Waals surface area contributed by atoms with Crippen LogP contribution in [0, 0.1) is 11.5 Å². The highest BCUT2D eigenvalue weighted by atomic mass is 28.4. The van der Waals surface area contributed by atoms with E-state index in [1.807, 2.05) is 0 Å². The molecule has 1 aliphatic heterocycles. The van der Waals surface area contributed by atoms with Crippen LogP contribution in [0.3, 0.4) is 0 Å². The first-order chi connectivity index (χ1) is 8.41. The molecule has 0 aliphatic carbocycles. The number of hydrogen-bond acceptors (Lipinski definition) is 2. The highest BCUT2D eigenvalue weighted by Gasteiger charge is 2.40. The van der Waals surface area contributed by atoms with Crippen molar-refractivity contribution in [2.24, 2.45) is 0 Å². The Morgan fingerprint density at radius 1 is 1.21 bits per heavy atom. The van der Waals surface area contributed by atoms with Crippen LogP contribution >= 0.6 is 0 Å². The lowest BCUT2D eigenvalue weighted by molar-refractivity contribution is 0.207. The number of ether oxygens (including phenoxy) is 1. The fraction of sp³-hybridized carbons (Fsp3) is 0.867. The molecule has 0 aromatic heterocycles. The highest BCUT2D eigenvalue weighted by molar-refractivity contribution is 6.83. The van der Waals surface area contributed by atoms with Gasteiger partial charge in [-0.2, -0.15) is 0 Å². The average Bonchev–Trinajstić information content (AvgIpc) is 2.94. The molecule has 0 spiro atoms. The van der Waals surface area contributed by atoms with Crippen molar-refractivity contribution < 1.29 is 9.16 Å². The smallest absolute Gasteiger partial charge is 0.193 e. The van der Waals surface area contributed by atoms with Crippen molar-refractivity contribution in [2.45, 2.75) is 77.2 Å². The molecule has 110 valence electrons. The maximum absolute atomic E-state index is 6.46. The van der Waals surface area contributed by atoms with Crippen molar-refractivity contribution >= 4 is 16.4 Å². The third kappa shape index (κ3) is 6.26. The third-order valence-electron chi connectivity index (χ3n) is 3.73. The van der Waals surface area contributed by atoms with Gasteiger partial charge in [-0.15, -0.1) is 5.54 Å². The summed E-state index contributed by atoms with van der Waals surface area (Å²) in [4.78, 5) is 0. The minimum atomic E-state index is -1.75. The summed E-state index contributed by atoms with van der Waals surface area (Å²) in [5.74, 6) is 3.40. The second kappa shape index (κ2) is 5.73. The molecule has 1 fully saturated rings. The molecule has 1 heterocycles. The predicted molar refractivity (Wildman–Crippen MR) is 87.5 cm³/mol. The first-order valence-corrected chi connectivity index (χ1v) is 13.6. The minimum Gasteiger partial charge on any atom is -0.403 e. The van der Waals surface area contributed by atoms with E-state index in [0.717, 1.165) is 13.0 Å². The first kappa shape index (κ1) is 17.0. The molecule has 0 bridgehead atoms. The van der Waals surface area contributed by atoms with E-state index < -0.39 is 16.4 Å². The van der Waals surface area contributed by atoms with E-state index in [-0.39, 0.29) is 11.1 Å². The van der Waals surface area contributed by atoms with Gasteiger partial charge in [0.15, 0.2) is 8.32 Å². The molecule has 0 amide bonds. The van der Waals surface area contributed by atoms with Crippen LogP contribution in [0.25, 0.3) is 0 Å². The van der Waals surface area contributed by atoms with E-state index in [0.29, 0.717) is 6.10 Å². The van der Waals surface area contributed by atoms with Crippen LogP contribution in [0.4, 0.5) is 0 Å². The van der Waals surface area contributed by atoms with Gasteiger partial charge in [-0.3, -0.25) is 0 Å². The Morgan fingerprint density at radius 3 is 2.11 bits per heavy atom. The summed E-state index contributed by atoms with van der Waals surface area (Å²) in [6, 6.07) is 0. The van der Waals surface area contributed by atoms with Crippen LogP contribution in [0.2, 0.25) is 37.8 Å². The van der Waals surface area contributed by atoms with E-state index in [9.17, 15) is 0 Å². The molecular weight excluding hydrogens is 268 g/mol. The standard InChI is InChI=1S/C15H30O2Si2/c1-15(2,3)19(7,8)17-13(11-14-12-16-14)9-10-18(4,5)6/h13-14H,11-12H2,1-8H3/t13-,14?/m0/s1. The molecule has 0 saturated carbocycles. The summed E-state index contributed by atoms with van der Waals surface area (Å²) >= 11 is 0. The van der Waals surface area contributed by atoms with E-state index >= 15 is 0 Å². The number of epoxide rings is 1. The first-order valence-electron chi connectivity index (χ1n) is 7.23. The molecule has 1 unspecified atom stereocenters. The number of hydrogen-bond donors (Lipinski definition) is 0. The Labute approximate surface area is 121 Å². The van der Waals surface area contributed by atoms with Gasteiger partial charge in [0.25, 0.3) is 0 Å². The van der Waals surface area contributed by atoms with Crippen LogP contribution in [0.5, 0.6) is 0 Å². The van der Waals surface area contributed by atoms with Gasteiger partial charge in [-0.1, -0.05) is 46.3 Å². The summed E-state index contributed by atoms with van der Waals surface area (Å²) in [7, 11) is -3.08. The van der Waals surface area contributed by atoms with Crippen molar-refractivity contribution in [2.75, 3.05) is 6.61 Å². The van der Waals surface area contributed by atoms with Gasteiger partial charge >= 0.3 is 0 Å². The van der Waals surface area contributed by atoms with Gasteiger partial charge in [0.2, 0.25) is 0 Å². The molecule has 0 aromatic carbocycles. The van der Waals surface area contributed by atoms with E-state index in [2.05, 4.69) is 65.0 Å². The van der Waals surface area contributed by atoms with E-state index in [1.165, 1.54) is 0 Å². The van der Waals surface area contributed by atoms with Crippen LogP contribution in [-0.2, 0) is 9.16 Å². The van der Waals surface area contributed by atoms with Crippen LogP contribution in [0.1, 0.15) is 27.2 Å². The van der Waals surface area contributed by atoms with Crippen LogP contribution in [0.15, 0.2) is 0 Å². The molecule has 4 heteroatoms. The summed E-state index contributed by atoms with van der Waals surface area (Å²) in [5.41, 5.74) is 3.46. The van der Waals surface area contributed by atoms with Crippen molar-refractivity contribution in [3.63, 3.8) is 0 Å². The fourth-order valence-electron chi connectivity index (χ4n) is 1.41. The zero-order chi connectivity index (χ0) is 14.9. The molecular formula is C15H30O2Si2. The predicted octanol–water partition coefficient (Wildman–Crippen LogP) is 4.05. The second-order valence-corrected chi connectivity index (χ2v) is 17.6. The normalized spacial score (nSPS) is 21.6. The zero-order valence-electron chi connectivity index (χ0n) is 13.9. The molecule has 1 rings (SSSR count). The molecule has 0 radical (unpaired) electrons. The van der Waals surface area contributed by atoms with Crippen molar-refractivity contribution in [1.29, 1.82) is 0 Å². The molecule has 19 heavy (non-hydrogen) atoms. The van der Waals surface area contributed by atoms with Gasteiger partial charge in [-0.25, -0.2) is 0 Å². The molecule has 0 N–H and O–H groups in total. The molecule has 0 aromatic rings. The van der Waals surface area contributed by atoms with Gasteiger partial charge in [0.1, 0.15) is 14.2 Å². The Kier molecular flexibility index (Phi) is 5.11. The SMILES string of the molecule is CC(C)(C)[Si](C)(C)O[C@@H](C#C[Si](C)(C)C)CC1CO1. The Balaban J connectivity index is 2.76. The lowest BCUT2D eigenvalue weighted by Gasteiger charge is -2.38. The van der Waals surface area contributed by atoms with Crippen LogP contribution < -0.4 is 0 Å². The average molecular weight is 299 g/mol. The maximum Gasteiger partial charge on any atom is 0.193 e. The second-order valence-electron chi connectivity index (χ2n) is 8.08. The lowest BCUT2D eigenvalue weighted by Crippen LogP contribution is -2.44. The fourth-order valence-corrected chi connectivity index (χ4v) is 3.22. The van der Waals surface area contributed by atoms with Crippen molar-refractivity contribution in [3.05, 3.63) is 0 Å². The molecule has 2 nitrogen and oxygen atoms in total. The largest absolute Gasteiger partial charge is 0.403 e. The van der Waals surface area contributed by atoms with Gasteiger partial charge < -0.3 is 9.16 Å². The summed E-state index contributed by atoms with van der Waals surface area (Å²) in [6.45, 7) is 19.1. The van der Waals surface area contributed by atoms with E-state index in [4.69, 9.17) is 9.16 Å². The zero-order valence-corrected chi connectivity index (χ0v) is 15.9. The van der Waals surface area contributed by atoms with Gasteiger partial charge in [0.05, 0.1) is 12.7 Å². The van der Waals surface area contributed by atoms with Crippen LogP contribution in [-0.4, -0.2) is 35.2 Å². The summed E-state index contributed by atoms with van der Waals surface area (Å²) in [6.07, 6.45) is 1.37. The third-order valence-corrected chi connectivity index (χ3v) is 9.11. The maximum atomic E-state index is 6.46. The quantitative estimate of drug-likeness (QED) is 0.444.